The zero-order chi connectivity index (χ0) is 34.7. The van der Waals surface area contributed by atoms with E-state index in [2.05, 4.69) is 20.9 Å². The third-order valence-corrected chi connectivity index (χ3v) is 8.59. The number of aryl methyl sites for hydroxylation is 2. The Bertz CT molecular complexity index is 2000. The van der Waals surface area contributed by atoms with E-state index in [0.717, 1.165) is 22.1 Å². The van der Waals surface area contributed by atoms with Crippen molar-refractivity contribution in [1.29, 1.82) is 0 Å². The van der Waals surface area contributed by atoms with Crippen molar-refractivity contribution in [3.05, 3.63) is 85.8 Å². The number of anilines is 2. The van der Waals surface area contributed by atoms with Crippen molar-refractivity contribution < 1.29 is 23.8 Å². The van der Waals surface area contributed by atoms with Gasteiger partial charge in [0.1, 0.15) is 6.04 Å². The predicted molar refractivity (Wildman–Crippen MR) is 187 cm³/mol. The van der Waals surface area contributed by atoms with Crippen LogP contribution in [0, 0.1) is 12.8 Å². The molecule has 11 nitrogen and oxygen atoms in total. The normalized spacial score (nSPS) is 14.3. The second-order valence-corrected chi connectivity index (χ2v) is 12.5. The zero-order valence-electron chi connectivity index (χ0n) is 28.3. The Balaban J connectivity index is 1.58. The maximum Gasteiger partial charge on any atom is 0.248 e. The summed E-state index contributed by atoms with van der Waals surface area (Å²) in [6.45, 7) is 7.31. The van der Waals surface area contributed by atoms with E-state index in [1.165, 1.54) is 26.2 Å². The smallest absolute Gasteiger partial charge is 0.248 e. The fourth-order valence-corrected chi connectivity index (χ4v) is 6.46. The number of fused-ring (bicyclic) bond motifs is 4. The van der Waals surface area contributed by atoms with E-state index in [1.807, 2.05) is 39.0 Å². The molecule has 2 atom stereocenters. The lowest BCUT2D eigenvalue weighted by atomic mass is 9.95. The van der Waals surface area contributed by atoms with E-state index in [0.29, 0.717) is 58.8 Å². The Morgan fingerprint density at radius 1 is 0.958 bits per heavy atom. The van der Waals surface area contributed by atoms with Gasteiger partial charge in [-0.1, -0.05) is 26.0 Å². The van der Waals surface area contributed by atoms with Gasteiger partial charge in [-0.15, -0.1) is 0 Å². The first kappa shape index (κ1) is 34.0. The number of H-pyrrole nitrogens is 1. The van der Waals surface area contributed by atoms with Crippen LogP contribution in [0.3, 0.4) is 0 Å². The van der Waals surface area contributed by atoms with E-state index in [-0.39, 0.29) is 34.4 Å². The molecule has 0 saturated heterocycles. The number of aromatic amines is 1. The van der Waals surface area contributed by atoms with Crippen molar-refractivity contribution in [2.24, 2.45) is 5.92 Å². The molecule has 1 heterocycles. The number of carbonyl (C=O) groups excluding carboxylic acids is 2. The van der Waals surface area contributed by atoms with Gasteiger partial charge in [-0.2, -0.15) is 0 Å². The van der Waals surface area contributed by atoms with E-state index in [4.69, 9.17) is 14.2 Å². The third-order valence-electron chi connectivity index (χ3n) is 8.59. The molecule has 0 saturated carbocycles. The van der Waals surface area contributed by atoms with Gasteiger partial charge in [0, 0.05) is 29.6 Å². The summed E-state index contributed by atoms with van der Waals surface area (Å²) in [4.78, 5) is 54.8. The van der Waals surface area contributed by atoms with E-state index in [9.17, 15) is 19.2 Å². The van der Waals surface area contributed by atoms with Crippen LogP contribution in [0.15, 0.2) is 58.1 Å². The summed E-state index contributed by atoms with van der Waals surface area (Å²) in [5.41, 5.74) is 4.59. The highest BCUT2D eigenvalue weighted by molar-refractivity contribution is 5.98. The van der Waals surface area contributed by atoms with Crippen molar-refractivity contribution in [2.45, 2.75) is 59.0 Å². The van der Waals surface area contributed by atoms with Gasteiger partial charge in [-0.3, -0.25) is 19.2 Å². The first-order chi connectivity index (χ1) is 22.9. The molecule has 0 unspecified atom stereocenters. The van der Waals surface area contributed by atoms with Gasteiger partial charge in [0.05, 0.1) is 38.6 Å². The highest BCUT2D eigenvalue weighted by Gasteiger charge is 2.30. The Kier molecular flexibility index (Phi) is 10.1. The number of nitrogens with one attached hydrogen (secondary N) is 4. The molecular weight excluding hydrogens is 612 g/mol. The number of pyridine rings is 1. The summed E-state index contributed by atoms with van der Waals surface area (Å²) in [6.07, 6.45) is 1.54. The fraction of sp³-hybridized carbons (Fsp3) is 0.351. The molecule has 252 valence electrons. The molecule has 0 bridgehead atoms. The SMILES string of the molecule is COc1cc2c(c(OC)c1OC)-c1ccc(N[C@H](CC(C)C)C(=O)Nc3ccc4c(C)cc(=O)[nH]c4c3)c(=O)cc1[C@@H](NC(C)=O)CC2. The van der Waals surface area contributed by atoms with Gasteiger partial charge < -0.3 is 35.1 Å². The van der Waals surface area contributed by atoms with Crippen LogP contribution < -0.4 is 41.1 Å². The zero-order valence-corrected chi connectivity index (χ0v) is 28.3. The third kappa shape index (κ3) is 7.00. The Labute approximate surface area is 279 Å². The number of rotatable bonds is 10. The highest BCUT2D eigenvalue weighted by atomic mass is 16.5. The summed E-state index contributed by atoms with van der Waals surface area (Å²) >= 11 is 0. The molecule has 4 aromatic rings. The van der Waals surface area contributed by atoms with E-state index >= 15 is 0 Å². The minimum atomic E-state index is -0.760. The number of benzene rings is 2. The quantitative estimate of drug-likeness (QED) is 0.176. The number of methoxy groups -OCH3 is 3. The molecule has 0 fully saturated rings. The molecule has 0 spiro atoms. The fourth-order valence-electron chi connectivity index (χ4n) is 6.46. The summed E-state index contributed by atoms with van der Waals surface area (Å²) in [6, 6.07) is 12.6. The second-order valence-electron chi connectivity index (χ2n) is 12.5. The van der Waals surface area contributed by atoms with Crippen LogP contribution in [-0.4, -0.2) is 44.2 Å². The number of hydrogen-bond donors (Lipinski definition) is 4. The number of ether oxygens (including phenoxy) is 3. The van der Waals surface area contributed by atoms with Gasteiger partial charge in [0.25, 0.3) is 0 Å². The van der Waals surface area contributed by atoms with Crippen LogP contribution in [0.4, 0.5) is 11.4 Å². The summed E-state index contributed by atoms with van der Waals surface area (Å²) in [7, 11) is 4.64. The van der Waals surface area contributed by atoms with Crippen molar-refractivity contribution in [3.63, 3.8) is 0 Å². The Hall–Kier alpha value is -5.32. The lowest BCUT2D eigenvalue weighted by molar-refractivity contribution is -0.120. The van der Waals surface area contributed by atoms with E-state index in [1.54, 1.807) is 32.4 Å². The molecule has 0 radical (unpaired) electrons. The maximum absolute atomic E-state index is 13.9. The number of amides is 2. The number of hydrogen-bond acceptors (Lipinski definition) is 8. The number of carbonyl (C=O) groups is 2. The van der Waals surface area contributed by atoms with Crippen LogP contribution in [-0.2, 0) is 16.0 Å². The van der Waals surface area contributed by atoms with Gasteiger partial charge >= 0.3 is 0 Å². The molecule has 1 aliphatic rings. The molecular formula is C37H42N4O7. The van der Waals surface area contributed by atoms with Crippen molar-refractivity contribution in [2.75, 3.05) is 32.0 Å². The van der Waals surface area contributed by atoms with Crippen molar-refractivity contribution in [3.8, 4) is 28.4 Å². The van der Waals surface area contributed by atoms with Crippen molar-refractivity contribution in [1.82, 2.24) is 10.3 Å². The van der Waals surface area contributed by atoms with Crippen LogP contribution >= 0.6 is 0 Å². The first-order valence-electron chi connectivity index (χ1n) is 15.9. The van der Waals surface area contributed by atoms with Crippen LogP contribution in [0.5, 0.6) is 17.2 Å². The summed E-state index contributed by atoms with van der Waals surface area (Å²) in [5, 5.41) is 10.1. The average Bonchev–Trinajstić information content (AvgIpc) is 3.27. The average molecular weight is 655 g/mol. The van der Waals surface area contributed by atoms with E-state index < -0.39 is 12.1 Å². The van der Waals surface area contributed by atoms with Crippen LogP contribution in [0.2, 0.25) is 0 Å². The molecule has 1 aromatic heterocycles. The van der Waals surface area contributed by atoms with Gasteiger partial charge in [-0.05, 0) is 84.7 Å². The molecule has 11 heteroatoms. The largest absolute Gasteiger partial charge is 0.493 e. The molecule has 48 heavy (non-hydrogen) atoms. The highest BCUT2D eigenvalue weighted by Crippen LogP contribution is 2.50. The summed E-state index contributed by atoms with van der Waals surface area (Å²) < 4.78 is 17.2. The van der Waals surface area contributed by atoms with Crippen molar-refractivity contribution >= 4 is 34.1 Å². The van der Waals surface area contributed by atoms with Crippen LogP contribution in [0.25, 0.3) is 22.0 Å². The van der Waals surface area contributed by atoms with Crippen LogP contribution in [0.1, 0.15) is 56.3 Å². The maximum atomic E-state index is 13.9. The molecule has 1 aliphatic carbocycles. The lowest BCUT2D eigenvalue weighted by Crippen LogP contribution is -2.37. The minimum absolute atomic E-state index is 0.121. The monoisotopic (exact) mass is 654 g/mol. The molecule has 3 aromatic carbocycles. The van der Waals surface area contributed by atoms with Gasteiger partial charge in [0.2, 0.25) is 28.6 Å². The van der Waals surface area contributed by atoms with Gasteiger partial charge in [-0.25, -0.2) is 0 Å². The second kappa shape index (κ2) is 14.2. The first-order valence-corrected chi connectivity index (χ1v) is 15.9. The Morgan fingerprint density at radius 3 is 2.38 bits per heavy atom. The minimum Gasteiger partial charge on any atom is -0.493 e. The molecule has 4 N–H and O–H groups in total. The topological polar surface area (TPSA) is 148 Å². The number of aromatic nitrogens is 1. The lowest BCUT2D eigenvalue weighted by Gasteiger charge is -2.21. The standard InChI is InChI=1S/C37H42N4O7/c1-19(2)14-30(37(45)39-23-9-10-24-20(3)15-33(44)41-29(24)17-23)40-28-13-11-25-26(18-31(28)43)27(38-21(4)42)12-8-22-16-32(46-5)35(47-6)36(48-7)34(22)25/h9-11,13,15-19,27,30H,8,12,14H2,1-7H3,(H,38,42)(H,39,45)(H,40,43)(H,41,44)/t27-,30+/m0/s1. The molecule has 5 rings (SSSR count). The Morgan fingerprint density at radius 2 is 1.71 bits per heavy atom. The molecule has 0 aliphatic heterocycles. The molecule has 2 amide bonds. The summed E-state index contributed by atoms with van der Waals surface area (Å²) in [5.74, 6) is 0.944. The van der Waals surface area contributed by atoms with Gasteiger partial charge in [0.15, 0.2) is 11.5 Å². The predicted octanol–water partition coefficient (Wildman–Crippen LogP) is 5.48.